The predicted molar refractivity (Wildman–Crippen MR) is 97.7 cm³/mol. The minimum Gasteiger partial charge on any atom is -0.494 e. The van der Waals surface area contributed by atoms with Crippen LogP contribution in [0.1, 0.15) is 26.3 Å². The maximum atomic E-state index is 12.2. The van der Waals surface area contributed by atoms with E-state index in [1.165, 1.54) is 18.3 Å². The first kappa shape index (κ1) is 18.8. The molecule has 134 valence electrons. The van der Waals surface area contributed by atoms with Gasteiger partial charge in [0.2, 0.25) is 0 Å². The summed E-state index contributed by atoms with van der Waals surface area (Å²) >= 11 is 0. The Balaban J connectivity index is 2.00. The van der Waals surface area contributed by atoms with Crippen LogP contribution in [0, 0.1) is 0 Å². The zero-order chi connectivity index (χ0) is 18.3. The average molecular weight is 362 g/mol. The van der Waals surface area contributed by atoms with Gasteiger partial charge in [0.1, 0.15) is 11.5 Å². The van der Waals surface area contributed by atoms with Crippen molar-refractivity contribution in [2.24, 2.45) is 5.10 Å². The highest BCUT2D eigenvalue weighted by Crippen LogP contribution is 2.17. The van der Waals surface area contributed by atoms with Gasteiger partial charge in [-0.05, 0) is 74.9 Å². The van der Waals surface area contributed by atoms with Gasteiger partial charge in [0.25, 0.3) is 10.0 Å². The molecule has 0 saturated carbocycles. The summed E-state index contributed by atoms with van der Waals surface area (Å²) in [4.78, 5) is 2.31. The van der Waals surface area contributed by atoms with E-state index >= 15 is 0 Å². The highest BCUT2D eigenvalue weighted by Gasteiger charge is 2.12. The summed E-state index contributed by atoms with van der Waals surface area (Å²) in [5.74, 6) is 1.37. The summed E-state index contributed by atoms with van der Waals surface area (Å²) in [6, 6.07) is 13.4. The second-order valence-electron chi connectivity index (χ2n) is 5.49. The maximum absolute atomic E-state index is 12.2. The molecular formula is C18H22N2O4S. The fraction of sp³-hybridized carbons (Fsp3) is 0.278. The van der Waals surface area contributed by atoms with Gasteiger partial charge in [0, 0.05) is 0 Å². The van der Waals surface area contributed by atoms with Crippen LogP contribution in [-0.4, -0.2) is 27.3 Å². The molecule has 2 aromatic carbocycles. The Morgan fingerprint density at radius 3 is 2.20 bits per heavy atom. The molecule has 0 unspecified atom stereocenters. The van der Waals surface area contributed by atoms with E-state index in [-0.39, 0.29) is 11.0 Å². The molecule has 0 saturated heterocycles. The van der Waals surface area contributed by atoms with Crippen LogP contribution in [0.2, 0.25) is 0 Å². The van der Waals surface area contributed by atoms with E-state index in [0.717, 1.165) is 11.3 Å². The number of rotatable bonds is 8. The minimum absolute atomic E-state index is 0.0271. The predicted octanol–water partition coefficient (Wildman–Crippen LogP) is 3.18. The molecule has 0 amide bonds. The van der Waals surface area contributed by atoms with Gasteiger partial charge >= 0.3 is 0 Å². The van der Waals surface area contributed by atoms with Gasteiger partial charge in [-0.3, -0.25) is 0 Å². The molecule has 25 heavy (non-hydrogen) atoms. The molecule has 0 aliphatic carbocycles. The summed E-state index contributed by atoms with van der Waals surface area (Å²) in [5, 5.41) is 3.80. The van der Waals surface area contributed by atoms with Gasteiger partial charge in [0.05, 0.1) is 23.8 Å². The third-order valence-corrected chi connectivity index (χ3v) is 4.32. The number of hydrazone groups is 1. The topological polar surface area (TPSA) is 77.0 Å². The van der Waals surface area contributed by atoms with E-state index < -0.39 is 10.0 Å². The average Bonchev–Trinajstić information content (AvgIpc) is 2.56. The smallest absolute Gasteiger partial charge is 0.276 e. The third-order valence-electron chi connectivity index (χ3n) is 3.08. The molecular weight excluding hydrogens is 340 g/mol. The SMILES string of the molecule is CCOc1ccc(/C=N/NS(=O)(=O)c2ccc(OC(C)C)cc2)cc1. The van der Waals surface area contributed by atoms with Crippen molar-refractivity contribution in [1.29, 1.82) is 0 Å². The van der Waals surface area contributed by atoms with Crippen molar-refractivity contribution in [3.8, 4) is 11.5 Å². The number of sulfonamides is 1. The number of ether oxygens (including phenoxy) is 2. The van der Waals surface area contributed by atoms with Crippen LogP contribution >= 0.6 is 0 Å². The van der Waals surface area contributed by atoms with Crippen LogP contribution in [0.15, 0.2) is 58.5 Å². The molecule has 2 rings (SSSR count). The molecule has 6 nitrogen and oxygen atoms in total. The van der Waals surface area contributed by atoms with Crippen LogP contribution in [0.5, 0.6) is 11.5 Å². The van der Waals surface area contributed by atoms with Crippen LogP contribution in [-0.2, 0) is 10.0 Å². The van der Waals surface area contributed by atoms with Crippen molar-refractivity contribution in [3.05, 3.63) is 54.1 Å². The zero-order valence-corrected chi connectivity index (χ0v) is 15.3. The summed E-state index contributed by atoms with van der Waals surface area (Å²) in [6.45, 7) is 6.31. The zero-order valence-electron chi connectivity index (χ0n) is 14.5. The first-order valence-electron chi connectivity index (χ1n) is 7.95. The van der Waals surface area contributed by atoms with Crippen molar-refractivity contribution >= 4 is 16.2 Å². The molecule has 0 fully saturated rings. The van der Waals surface area contributed by atoms with Crippen molar-refractivity contribution in [1.82, 2.24) is 4.83 Å². The van der Waals surface area contributed by atoms with Crippen molar-refractivity contribution in [2.75, 3.05) is 6.61 Å². The van der Waals surface area contributed by atoms with E-state index in [2.05, 4.69) is 9.93 Å². The van der Waals surface area contributed by atoms with E-state index in [0.29, 0.717) is 12.4 Å². The number of benzene rings is 2. The van der Waals surface area contributed by atoms with Gasteiger partial charge in [0.15, 0.2) is 0 Å². The quantitative estimate of drug-likeness (QED) is 0.578. The standard InChI is InChI=1S/C18H22N2O4S/c1-4-23-16-7-5-15(6-8-16)13-19-20-25(21,22)18-11-9-17(10-12-18)24-14(2)3/h5-14,20H,4H2,1-3H3/b19-13+. The lowest BCUT2D eigenvalue weighted by atomic mass is 10.2. The molecule has 0 bridgehead atoms. The van der Waals surface area contributed by atoms with Gasteiger partial charge in [-0.15, -0.1) is 0 Å². The Morgan fingerprint density at radius 2 is 1.64 bits per heavy atom. The largest absolute Gasteiger partial charge is 0.494 e. The van der Waals surface area contributed by atoms with Gasteiger partial charge in [-0.2, -0.15) is 13.5 Å². The Kier molecular flexibility index (Phi) is 6.41. The fourth-order valence-electron chi connectivity index (χ4n) is 2.01. The first-order chi connectivity index (χ1) is 11.9. The number of hydrogen-bond donors (Lipinski definition) is 1. The third kappa shape index (κ3) is 5.79. The van der Waals surface area contributed by atoms with E-state index in [4.69, 9.17) is 9.47 Å². The lowest BCUT2D eigenvalue weighted by molar-refractivity contribution is 0.242. The Bertz CT molecular complexity index is 798. The summed E-state index contributed by atoms with van der Waals surface area (Å²) in [7, 11) is -3.72. The van der Waals surface area contributed by atoms with E-state index in [1.54, 1.807) is 36.4 Å². The van der Waals surface area contributed by atoms with Crippen LogP contribution in [0.4, 0.5) is 0 Å². The van der Waals surface area contributed by atoms with Gasteiger partial charge in [-0.1, -0.05) is 0 Å². The summed E-state index contributed by atoms with van der Waals surface area (Å²) < 4.78 is 35.3. The van der Waals surface area contributed by atoms with Crippen LogP contribution in [0.25, 0.3) is 0 Å². The molecule has 0 aliphatic rings. The molecule has 0 heterocycles. The van der Waals surface area contributed by atoms with Crippen LogP contribution in [0.3, 0.4) is 0 Å². The highest BCUT2D eigenvalue weighted by molar-refractivity contribution is 7.89. The number of hydrogen-bond acceptors (Lipinski definition) is 5. The first-order valence-corrected chi connectivity index (χ1v) is 9.43. The second-order valence-corrected chi connectivity index (χ2v) is 7.15. The monoisotopic (exact) mass is 362 g/mol. The Labute approximate surface area is 148 Å². The molecule has 0 radical (unpaired) electrons. The Hall–Kier alpha value is -2.54. The molecule has 0 aromatic heterocycles. The molecule has 0 aliphatic heterocycles. The molecule has 0 spiro atoms. The van der Waals surface area contributed by atoms with Crippen LogP contribution < -0.4 is 14.3 Å². The molecule has 2 aromatic rings. The van der Waals surface area contributed by atoms with Gasteiger partial charge < -0.3 is 9.47 Å². The van der Waals surface area contributed by atoms with E-state index in [9.17, 15) is 8.42 Å². The minimum atomic E-state index is -3.72. The lowest BCUT2D eigenvalue weighted by Crippen LogP contribution is -2.18. The maximum Gasteiger partial charge on any atom is 0.276 e. The molecule has 0 atom stereocenters. The van der Waals surface area contributed by atoms with Crippen molar-refractivity contribution in [3.63, 3.8) is 0 Å². The van der Waals surface area contributed by atoms with Gasteiger partial charge in [-0.25, -0.2) is 4.83 Å². The summed E-state index contributed by atoms with van der Waals surface area (Å²) in [5.41, 5.74) is 0.756. The van der Waals surface area contributed by atoms with E-state index in [1.807, 2.05) is 20.8 Å². The highest BCUT2D eigenvalue weighted by atomic mass is 32.2. The Morgan fingerprint density at radius 1 is 1.04 bits per heavy atom. The lowest BCUT2D eigenvalue weighted by Gasteiger charge is -2.10. The number of nitrogens with zero attached hydrogens (tertiary/aromatic N) is 1. The normalized spacial score (nSPS) is 11.7. The number of nitrogens with one attached hydrogen (secondary N) is 1. The molecule has 1 N–H and O–H groups in total. The fourth-order valence-corrected chi connectivity index (χ4v) is 2.80. The van der Waals surface area contributed by atoms with Crippen molar-refractivity contribution in [2.45, 2.75) is 31.8 Å². The summed E-state index contributed by atoms with van der Waals surface area (Å²) in [6.07, 6.45) is 1.46. The molecule has 7 heteroatoms. The second kappa shape index (κ2) is 8.53. The van der Waals surface area contributed by atoms with Crippen molar-refractivity contribution < 1.29 is 17.9 Å².